The monoisotopic (exact) mass is 215 g/mol. The van der Waals surface area contributed by atoms with Crippen molar-refractivity contribution in [2.75, 3.05) is 12.5 Å². The lowest BCUT2D eigenvalue weighted by Gasteiger charge is -2.03. The van der Waals surface area contributed by atoms with Gasteiger partial charge in [-0.3, -0.25) is 0 Å². The van der Waals surface area contributed by atoms with Crippen molar-refractivity contribution < 1.29 is 13.5 Å². The number of benzene rings is 1. The minimum atomic E-state index is -3.48. The third-order valence-corrected chi connectivity index (χ3v) is 2.73. The molecular formula is C9H13NO3S. The van der Waals surface area contributed by atoms with Gasteiger partial charge in [-0.15, -0.1) is 0 Å². The molecule has 0 aliphatic rings. The number of nitrogens with one attached hydrogen (secondary N) is 1. The summed E-state index contributed by atoms with van der Waals surface area (Å²) in [7, 11) is -3.48. The Morgan fingerprint density at radius 3 is 2.43 bits per heavy atom. The van der Waals surface area contributed by atoms with Gasteiger partial charge in [0.05, 0.1) is 0 Å². The number of aliphatic hydroxyl groups is 1. The SMILES string of the molecule is O=S(=O)(CO)NCCc1ccccc1. The number of aliphatic hydroxyl groups excluding tert-OH is 1. The zero-order valence-electron chi connectivity index (χ0n) is 7.68. The highest BCUT2D eigenvalue weighted by atomic mass is 32.2. The van der Waals surface area contributed by atoms with Gasteiger partial charge >= 0.3 is 0 Å². The number of sulfonamides is 1. The van der Waals surface area contributed by atoms with Crippen LogP contribution in [-0.2, 0) is 16.4 Å². The minimum absolute atomic E-state index is 0.312. The smallest absolute Gasteiger partial charge is 0.235 e. The van der Waals surface area contributed by atoms with Crippen LogP contribution in [0.1, 0.15) is 5.56 Å². The first-order valence-electron chi connectivity index (χ1n) is 4.26. The van der Waals surface area contributed by atoms with Crippen LogP contribution in [0.2, 0.25) is 0 Å². The summed E-state index contributed by atoms with van der Waals surface area (Å²) in [6.45, 7) is 0.312. The number of hydrogen-bond acceptors (Lipinski definition) is 3. The maximum absolute atomic E-state index is 10.8. The van der Waals surface area contributed by atoms with E-state index in [1.165, 1.54) is 0 Å². The second-order valence-electron chi connectivity index (χ2n) is 2.87. The molecule has 0 heterocycles. The molecule has 1 aromatic carbocycles. The van der Waals surface area contributed by atoms with Gasteiger partial charge in [0, 0.05) is 6.54 Å². The molecule has 14 heavy (non-hydrogen) atoms. The summed E-state index contributed by atoms with van der Waals surface area (Å²) >= 11 is 0. The Balaban J connectivity index is 2.37. The van der Waals surface area contributed by atoms with E-state index in [9.17, 15) is 8.42 Å². The summed E-state index contributed by atoms with van der Waals surface area (Å²) in [5.41, 5.74) is 1.06. The molecular weight excluding hydrogens is 202 g/mol. The first-order chi connectivity index (χ1) is 6.64. The lowest BCUT2D eigenvalue weighted by molar-refractivity contribution is 0.356. The predicted octanol–water partition coefficient (Wildman–Crippen LogP) is 0.0983. The maximum atomic E-state index is 10.8. The van der Waals surface area contributed by atoms with Crippen LogP contribution in [0.3, 0.4) is 0 Å². The summed E-state index contributed by atoms with van der Waals surface area (Å²) in [4.78, 5) is 0. The fraction of sp³-hybridized carbons (Fsp3) is 0.333. The molecule has 0 spiro atoms. The van der Waals surface area contributed by atoms with E-state index in [1.807, 2.05) is 30.3 Å². The van der Waals surface area contributed by atoms with Crippen LogP contribution in [0.25, 0.3) is 0 Å². The lowest BCUT2D eigenvalue weighted by atomic mass is 10.2. The van der Waals surface area contributed by atoms with E-state index in [1.54, 1.807) is 0 Å². The molecule has 1 rings (SSSR count). The molecule has 78 valence electrons. The van der Waals surface area contributed by atoms with E-state index in [0.717, 1.165) is 5.56 Å². The van der Waals surface area contributed by atoms with Crippen LogP contribution in [0, 0.1) is 0 Å². The summed E-state index contributed by atoms with van der Waals surface area (Å²) in [6, 6.07) is 9.55. The Morgan fingerprint density at radius 2 is 1.86 bits per heavy atom. The number of rotatable bonds is 5. The molecule has 0 saturated carbocycles. The Kier molecular flexibility index (Phi) is 4.06. The molecule has 0 bridgehead atoms. The van der Waals surface area contributed by atoms with E-state index in [4.69, 9.17) is 5.11 Å². The van der Waals surface area contributed by atoms with Crippen LogP contribution in [0.4, 0.5) is 0 Å². The second-order valence-corrected chi connectivity index (χ2v) is 4.65. The zero-order valence-corrected chi connectivity index (χ0v) is 8.50. The summed E-state index contributed by atoms with van der Waals surface area (Å²) in [5.74, 6) is -0.859. The molecule has 1 aromatic rings. The van der Waals surface area contributed by atoms with Gasteiger partial charge in [-0.25, -0.2) is 13.1 Å². The van der Waals surface area contributed by atoms with Gasteiger partial charge in [-0.2, -0.15) is 0 Å². The summed E-state index contributed by atoms with van der Waals surface area (Å²) < 4.78 is 23.9. The molecule has 4 nitrogen and oxygen atoms in total. The van der Waals surface area contributed by atoms with Crippen molar-refractivity contribution in [3.8, 4) is 0 Å². The van der Waals surface area contributed by atoms with Crippen LogP contribution in [-0.4, -0.2) is 26.0 Å². The molecule has 5 heteroatoms. The van der Waals surface area contributed by atoms with Gasteiger partial charge in [0.15, 0.2) is 5.94 Å². The third kappa shape index (κ3) is 3.87. The van der Waals surface area contributed by atoms with Crippen molar-refractivity contribution in [1.29, 1.82) is 0 Å². The Morgan fingerprint density at radius 1 is 1.21 bits per heavy atom. The van der Waals surface area contributed by atoms with Crippen LogP contribution in [0.15, 0.2) is 30.3 Å². The zero-order chi connectivity index (χ0) is 10.4. The van der Waals surface area contributed by atoms with Crippen molar-refractivity contribution in [3.05, 3.63) is 35.9 Å². The normalized spacial score (nSPS) is 11.5. The van der Waals surface area contributed by atoms with Gasteiger partial charge in [-0.05, 0) is 12.0 Å². The standard InChI is InChI=1S/C9H13NO3S/c11-8-14(12,13)10-7-6-9-4-2-1-3-5-9/h1-5,10-11H,6-8H2. The van der Waals surface area contributed by atoms with E-state index in [0.29, 0.717) is 13.0 Å². The van der Waals surface area contributed by atoms with E-state index in [-0.39, 0.29) is 0 Å². The first-order valence-corrected chi connectivity index (χ1v) is 5.91. The fourth-order valence-corrected chi connectivity index (χ4v) is 1.55. The highest BCUT2D eigenvalue weighted by Gasteiger charge is 2.05. The van der Waals surface area contributed by atoms with Gasteiger partial charge in [0.2, 0.25) is 10.0 Å². The van der Waals surface area contributed by atoms with Gasteiger partial charge in [-0.1, -0.05) is 30.3 Å². The average Bonchev–Trinajstić information content (AvgIpc) is 2.19. The largest absolute Gasteiger partial charge is 0.379 e. The minimum Gasteiger partial charge on any atom is -0.379 e. The van der Waals surface area contributed by atoms with Crippen molar-refractivity contribution in [2.45, 2.75) is 6.42 Å². The van der Waals surface area contributed by atoms with Crippen molar-refractivity contribution in [1.82, 2.24) is 4.72 Å². The lowest BCUT2D eigenvalue weighted by Crippen LogP contribution is -2.28. The van der Waals surface area contributed by atoms with Gasteiger partial charge in [0.1, 0.15) is 0 Å². The van der Waals surface area contributed by atoms with Crippen LogP contribution in [0.5, 0.6) is 0 Å². The molecule has 0 aliphatic heterocycles. The summed E-state index contributed by atoms with van der Waals surface area (Å²) in [6.07, 6.45) is 0.625. The molecule has 0 aromatic heterocycles. The van der Waals surface area contributed by atoms with Crippen molar-refractivity contribution >= 4 is 10.0 Å². The third-order valence-electron chi connectivity index (χ3n) is 1.75. The Labute approximate surface area is 83.6 Å². The van der Waals surface area contributed by atoms with E-state index >= 15 is 0 Å². The van der Waals surface area contributed by atoms with E-state index in [2.05, 4.69) is 4.72 Å². The topological polar surface area (TPSA) is 66.4 Å². The fourth-order valence-electron chi connectivity index (χ4n) is 1.04. The molecule has 0 unspecified atom stereocenters. The second kappa shape index (κ2) is 5.09. The maximum Gasteiger partial charge on any atom is 0.235 e. The van der Waals surface area contributed by atoms with Crippen molar-refractivity contribution in [3.63, 3.8) is 0 Å². The average molecular weight is 215 g/mol. The highest BCUT2D eigenvalue weighted by Crippen LogP contribution is 1.98. The highest BCUT2D eigenvalue weighted by molar-refractivity contribution is 7.89. The van der Waals surface area contributed by atoms with Crippen LogP contribution >= 0.6 is 0 Å². The predicted molar refractivity (Wildman–Crippen MR) is 54.2 cm³/mol. The molecule has 0 aliphatic carbocycles. The molecule has 0 radical (unpaired) electrons. The van der Waals surface area contributed by atoms with Gasteiger partial charge < -0.3 is 5.11 Å². The Hall–Kier alpha value is -0.910. The first kappa shape index (κ1) is 11.2. The molecule has 0 atom stereocenters. The molecule has 2 N–H and O–H groups in total. The van der Waals surface area contributed by atoms with Crippen LogP contribution < -0.4 is 4.72 Å². The van der Waals surface area contributed by atoms with Gasteiger partial charge in [0.25, 0.3) is 0 Å². The molecule has 0 saturated heterocycles. The number of hydrogen-bond donors (Lipinski definition) is 2. The molecule has 0 fully saturated rings. The summed E-state index contributed by atoms with van der Waals surface area (Å²) in [5, 5.41) is 8.44. The Bertz CT molecular complexity index is 361. The van der Waals surface area contributed by atoms with E-state index < -0.39 is 16.0 Å². The van der Waals surface area contributed by atoms with Crippen molar-refractivity contribution in [2.24, 2.45) is 0 Å². The molecule has 0 amide bonds. The quantitative estimate of drug-likeness (QED) is 0.732.